The van der Waals surface area contributed by atoms with Crippen LogP contribution in [0.25, 0.3) is 11.6 Å². The third kappa shape index (κ3) is 8.88. The number of aryl methyl sites for hydroxylation is 2. The first-order chi connectivity index (χ1) is 28.6. The third-order valence-corrected chi connectivity index (χ3v) is 10.4. The minimum Gasteiger partial charge on any atom is -0.497 e. The van der Waals surface area contributed by atoms with Crippen LogP contribution < -0.4 is 19.3 Å². The Labute approximate surface area is 342 Å². The molecule has 8 aromatic carbocycles. The van der Waals surface area contributed by atoms with E-state index >= 15 is 0 Å². The lowest BCUT2D eigenvalue weighted by Crippen LogP contribution is -2.10. The van der Waals surface area contributed by atoms with Crippen molar-refractivity contribution in [2.75, 3.05) is 24.0 Å². The van der Waals surface area contributed by atoms with E-state index in [2.05, 4.69) is 204 Å². The monoisotopic (exact) mass is 754 g/mol. The van der Waals surface area contributed by atoms with Gasteiger partial charge >= 0.3 is 0 Å². The fourth-order valence-corrected chi connectivity index (χ4v) is 7.30. The van der Waals surface area contributed by atoms with Crippen molar-refractivity contribution < 1.29 is 9.47 Å². The highest BCUT2D eigenvalue weighted by Crippen LogP contribution is 2.37. The zero-order chi connectivity index (χ0) is 39.5. The molecule has 0 bridgehead atoms. The molecule has 0 spiro atoms. The number of rotatable bonds is 14. The molecule has 0 N–H and O–H groups in total. The maximum Gasteiger partial charge on any atom is 0.118 e. The van der Waals surface area contributed by atoms with Crippen LogP contribution in [0.5, 0.6) is 11.5 Å². The molecule has 0 unspecified atom stereocenters. The summed E-state index contributed by atoms with van der Waals surface area (Å²) in [5.74, 6) is 1.66. The average Bonchev–Trinajstić information content (AvgIpc) is 3.30. The second-order valence-electron chi connectivity index (χ2n) is 14.1. The van der Waals surface area contributed by atoms with Gasteiger partial charge in [0.25, 0.3) is 0 Å². The van der Waals surface area contributed by atoms with Crippen molar-refractivity contribution in [2.24, 2.45) is 0 Å². The number of hydrogen-bond acceptors (Lipinski definition) is 4. The van der Waals surface area contributed by atoms with Crippen molar-refractivity contribution in [3.63, 3.8) is 0 Å². The first-order valence-corrected chi connectivity index (χ1v) is 19.7. The van der Waals surface area contributed by atoms with Crippen LogP contribution in [0.3, 0.4) is 0 Å². The molecule has 0 heterocycles. The molecule has 0 aliphatic heterocycles. The summed E-state index contributed by atoms with van der Waals surface area (Å²) in [6.45, 7) is 0. The molecule has 4 heteroatoms. The molecule has 0 atom stereocenters. The summed E-state index contributed by atoms with van der Waals surface area (Å²) in [4.78, 5) is 4.61. The van der Waals surface area contributed by atoms with E-state index in [0.717, 1.165) is 80.7 Å². The van der Waals surface area contributed by atoms with Crippen molar-refractivity contribution in [1.29, 1.82) is 0 Å². The smallest absolute Gasteiger partial charge is 0.118 e. The van der Waals surface area contributed by atoms with Gasteiger partial charge in [-0.25, -0.2) is 0 Å². The number of methoxy groups -OCH3 is 2. The zero-order valence-electron chi connectivity index (χ0n) is 32.9. The van der Waals surface area contributed by atoms with E-state index in [1.165, 1.54) is 11.1 Å². The highest BCUT2D eigenvalue weighted by atomic mass is 16.5. The topological polar surface area (TPSA) is 24.9 Å². The Hall–Kier alpha value is -7.30. The first kappa shape index (κ1) is 37.6. The third-order valence-electron chi connectivity index (χ3n) is 10.4. The van der Waals surface area contributed by atoms with Crippen LogP contribution in [-0.2, 0) is 12.8 Å². The van der Waals surface area contributed by atoms with Gasteiger partial charge in [-0.1, -0.05) is 115 Å². The predicted molar refractivity (Wildman–Crippen MR) is 243 cm³/mol. The number of anilines is 6. The fourth-order valence-electron chi connectivity index (χ4n) is 7.30. The van der Waals surface area contributed by atoms with E-state index in [1.54, 1.807) is 14.2 Å². The van der Waals surface area contributed by atoms with Gasteiger partial charge in [0.15, 0.2) is 0 Å². The minimum absolute atomic E-state index is 0.830. The summed E-state index contributed by atoms with van der Waals surface area (Å²) in [6, 6.07) is 74.8. The molecule has 0 saturated carbocycles. The van der Waals surface area contributed by atoms with E-state index in [1.807, 2.05) is 24.3 Å². The van der Waals surface area contributed by atoms with Crippen molar-refractivity contribution in [2.45, 2.75) is 12.8 Å². The lowest BCUT2D eigenvalue weighted by molar-refractivity contribution is 0.414. The molecule has 0 saturated heterocycles. The van der Waals surface area contributed by atoms with Gasteiger partial charge in [-0.15, -0.1) is 0 Å². The van der Waals surface area contributed by atoms with Crippen molar-refractivity contribution in [3.05, 3.63) is 240 Å². The van der Waals surface area contributed by atoms with E-state index in [-0.39, 0.29) is 0 Å². The summed E-state index contributed by atoms with van der Waals surface area (Å²) in [6.07, 6.45) is 4.16. The number of ether oxygens (including phenoxy) is 2. The number of hydrogen-bond donors (Lipinski definition) is 0. The van der Waals surface area contributed by atoms with Crippen LogP contribution in [0, 0.1) is 0 Å². The van der Waals surface area contributed by atoms with Crippen LogP contribution in [0.2, 0.25) is 0 Å². The summed E-state index contributed by atoms with van der Waals surface area (Å²) >= 11 is 0. The van der Waals surface area contributed by atoms with Gasteiger partial charge in [0.1, 0.15) is 11.5 Å². The molecule has 0 aliphatic rings. The Morgan fingerprint density at radius 2 is 0.672 bits per heavy atom. The molecule has 284 valence electrons. The highest BCUT2D eigenvalue weighted by molar-refractivity contribution is 5.92. The fraction of sp³-hybridized carbons (Fsp3) is 0.0741. The molecule has 4 nitrogen and oxygen atoms in total. The lowest BCUT2D eigenvalue weighted by Gasteiger charge is -2.26. The van der Waals surface area contributed by atoms with E-state index in [9.17, 15) is 0 Å². The standard InChI is InChI=1S/C54H46N2O2/c1-57-52-36-26-44(27-37-52)54(45-28-38-53(58-2)39-29-45)40-43-24-34-51(35-25-43)56(48-16-10-5-11-17-48)50-32-22-42(23-33-50)19-18-41-20-30-49(31-21-41)55(46-12-6-3-7-13-46)47-14-8-4-9-15-47/h3-17,20-40H,18-19H2,1-2H3. The molecule has 0 aromatic heterocycles. The quantitative estimate of drug-likeness (QED) is 0.103. The van der Waals surface area contributed by atoms with Crippen molar-refractivity contribution in [3.8, 4) is 11.5 Å². The van der Waals surface area contributed by atoms with Crippen LogP contribution in [0.4, 0.5) is 34.1 Å². The van der Waals surface area contributed by atoms with Crippen molar-refractivity contribution in [1.82, 2.24) is 0 Å². The van der Waals surface area contributed by atoms with E-state index in [0.29, 0.717) is 0 Å². The van der Waals surface area contributed by atoms with Crippen LogP contribution in [0.1, 0.15) is 27.8 Å². The van der Waals surface area contributed by atoms with E-state index < -0.39 is 0 Å². The van der Waals surface area contributed by atoms with E-state index in [4.69, 9.17) is 9.47 Å². The van der Waals surface area contributed by atoms with Gasteiger partial charge in [-0.3, -0.25) is 0 Å². The number of para-hydroxylation sites is 3. The van der Waals surface area contributed by atoms with Gasteiger partial charge in [0, 0.05) is 34.1 Å². The normalized spacial score (nSPS) is 10.7. The molecule has 0 radical (unpaired) electrons. The summed E-state index contributed by atoms with van der Waals surface area (Å²) < 4.78 is 10.9. The van der Waals surface area contributed by atoms with Crippen LogP contribution in [-0.4, -0.2) is 14.2 Å². The largest absolute Gasteiger partial charge is 0.497 e. The second-order valence-corrected chi connectivity index (χ2v) is 14.1. The zero-order valence-corrected chi connectivity index (χ0v) is 32.9. The Morgan fingerprint density at radius 1 is 0.362 bits per heavy atom. The number of benzene rings is 8. The predicted octanol–water partition coefficient (Wildman–Crippen LogP) is 14.0. The van der Waals surface area contributed by atoms with Crippen molar-refractivity contribution >= 4 is 45.8 Å². The Morgan fingerprint density at radius 3 is 1.00 bits per heavy atom. The highest BCUT2D eigenvalue weighted by Gasteiger charge is 2.14. The Kier molecular flexibility index (Phi) is 11.7. The Balaban J connectivity index is 1.01. The average molecular weight is 755 g/mol. The summed E-state index contributed by atoms with van der Waals surface area (Å²) in [5.41, 5.74) is 13.8. The lowest BCUT2D eigenvalue weighted by atomic mass is 9.95. The molecule has 8 rings (SSSR count). The molecule has 58 heavy (non-hydrogen) atoms. The van der Waals surface area contributed by atoms with Gasteiger partial charge < -0.3 is 19.3 Å². The first-order valence-electron chi connectivity index (χ1n) is 19.7. The van der Waals surface area contributed by atoms with Crippen LogP contribution >= 0.6 is 0 Å². The summed E-state index contributed by atoms with van der Waals surface area (Å²) in [7, 11) is 3.38. The minimum atomic E-state index is 0.830. The molecular weight excluding hydrogens is 709 g/mol. The number of nitrogens with zero attached hydrogens (tertiary/aromatic N) is 2. The van der Waals surface area contributed by atoms with Gasteiger partial charge in [-0.2, -0.15) is 0 Å². The molecule has 0 aliphatic carbocycles. The Bertz CT molecular complexity index is 2430. The maximum absolute atomic E-state index is 5.44. The SMILES string of the molecule is COc1ccc(C(=Cc2ccc(N(c3ccccc3)c3ccc(CCc4ccc(N(c5ccccc5)c5ccccc5)cc4)cc3)cc2)c2ccc(OC)cc2)cc1. The molecule has 0 amide bonds. The molecular formula is C54H46N2O2. The second kappa shape index (κ2) is 18.1. The van der Waals surface area contributed by atoms with Gasteiger partial charge in [0.05, 0.1) is 14.2 Å². The molecule has 0 fully saturated rings. The van der Waals surface area contributed by atoms with Gasteiger partial charge in [-0.05, 0) is 149 Å². The van der Waals surface area contributed by atoms with Crippen LogP contribution in [0.15, 0.2) is 212 Å². The maximum atomic E-state index is 5.44. The summed E-state index contributed by atoms with van der Waals surface area (Å²) in [5, 5.41) is 0. The van der Waals surface area contributed by atoms with Gasteiger partial charge in [0.2, 0.25) is 0 Å². The molecule has 8 aromatic rings.